The fourth-order valence-corrected chi connectivity index (χ4v) is 4.74. The van der Waals surface area contributed by atoms with Crippen molar-refractivity contribution in [1.29, 1.82) is 0 Å². The van der Waals surface area contributed by atoms with Crippen LogP contribution in [0.3, 0.4) is 0 Å². The van der Waals surface area contributed by atoms with Gasteiger partial charge in [0.05, 0.1) is 0 Å². The molecular formula is C38H42SiZr-6. The molecule has 6 rings (SSSR count). The van der Waals surface area contributed by atoms with Crippen molar-refractivity contribution in [2.24, 2.45) is 0 Å². The Kier molecular flexibility index (Phi) is 17.2. The maximum atomic E-state index is 3.06. The van der Waals surface area contributed by atoms with Gasteiger partial charge in [0.1, 0.15) is 0 Å². The van der Waals surface area contributed by atoms with E-state index >= 15 is 0 Å². The molecule has 0 aromatic heterocycles. The monoisotopic (exact) mass is 616 g/mol. The van der Waals surface area contributed by atoms with Crippen LogP contribution in [0.25, 0.3) is 43.8 Å². The molecule has 0 atom stereocenters. The van der Waals surface area contributed by atoms with Crippen molar-refractivity contribution in [3.63, 3.8) is 0 Å². The third kappa shape index (κ3) is 8.60. The average Bonchev–Trinajstić information content (AvgIpc) is 3.59. The molecule has 0 aliphatic rings. The van der Waals surface area contributed by atoms with Crippen LogP contribution in [0.5, 0.6) is 0 Å². The summed E-state index contributed by atoms with van der Waals surface area (Å²) in [6.45, 7) is 7.47. The minimum absolute atomic E-state index is 0. The normalized spacial score (nSPS) is 9.32. The van der Waals surface area contributed by atoms with Crippen LogP contribution in [0.2, 0.25) is 0 Å². The summed E-state index contributed by atoms with van der Waals surface area (Å²) in [6.07, 6.45) is 2.20. The molecule has 40 heavy (non-hydrogen) atoms. The third-order valence-electron chi connectivity index (χ3n) is 6.61. The molecule has 0 N–H and O–H groups in total. The molecule has 208 valence electrons. The summed E-state index contributed by atoms with van der Waals surface area (Å²) in [6, 6.07) is 43.5. The van der Waals surface area contributed by atoms with Crippen molar-refractivity contribution < 1.29 is 23.3 Å². The number of fused-ring (bicyclic) bond motifs is 2. The molecule has 0 aliphatic heterocycles. The van der Waals surface area contributed by atoms with Gasteiger partial charge in [0, 0.05) is 0 Å². The quantitative estimate of drug-likeness (QED) is 0.136. The van der Waals surface area contributed by atoms with E-state index in [2.05, 4.69) is 142 Å². The third-order valence-corrected chi connectivity index (χ3v) is 6.61. The number of aryl methyl sites for hydroxylation is 2. The Bertz CT molecular complexity index is 1410. The maximum absolute atomic E-state index is 3.06. The second-order valence-electron chi connectivity index (χ2n) is 8.78. The predicted octanol–water partition coefficient (Wildman–Crippen LogP) is 11.0. The number of hydrogen-bond donors (Lipinski definition) is 0. The van der Waals surface area contributed by atoms with E-state index in [9.17, 15) is 0 Å². The summed E-state index contributed by atoms with van der Waals surface area (Å²) in [5.74, 6) is 0. The summed E-state index contributed by atoms with van der Waals surface area (Å²) < 4.78 is 0. The predicted molar refractivity (Wildman–Crippen MR) is 180 cm³/mol. The Balaban J connectivity index is 0.000000655. The molecule has 0 fully saturated rings. The van der Waals surface area contributed by atoms with Crippen molar-refractivity contribution >= 4 is 28.4 Å². The molecule has 0 aliphatic carbocycles. The Hall–Kier alpha value is -2.80. The topological polar surface area (TPSA) is 0 Å². The molecule has 0 saturated carbocycles. The molecule has 0 spiro atoms. The zero-order chi connectivity index (χ0) is 25.3. The molecule has 2 radical (unpaired) electrons. The SMILES string of the molecule is CCc1cc2c(-c3ccccc3)cccc2[cH-]1.CCc1cc2c(-c3ccccc3)cccc2[cH-]1.[CH3-].[CH3-].[CH3-].[CH3-].[Si]=[Zr]. The number of benzene rings is 4. The van der Waals surface area contributed by atoms with Gasteiger partial charge in [-0.05, 0) is 24.0 Å². The van der Waals surface area contributed by atoms with E-state index in [1.54, 1.807) is 0 Å². The first kappa shape index (κ1) is 37.2. The second-order valence-corrected chi connectivity index (χ2v) is 8.78. The van der Waals surface area contributed by atoms with Gasteiger partial charge >= 0.3 is 30.2 Å². The molecule has 6 aromatic rings. The molecule has 0 unspecified atom stereocenters. The van der Waals surface area contributed by atoms with Crippen LogP contribution in [0.1, 0.15) is 25.0 Å². The van der Waals surface area contributed by atoms with Gasteiger partial charge in [-0.3, -0.25) is 0 Å². The van der Waals surface area contributed by atoms with Crippen molar-refractivity contribution in [1.82, 2.24) is 0 Å². The van der Waals surface area contributed by atoms with E-state index in [0.717, 1.165) is 12.8 Å². The minimum atomic E-state index is 0. The number of hydrogen-bond acceptors (Lipinski definition) is 0. The summed E-state index contributed by atoms with van der Waals surface area (Å²) in [7, 11) is 0. The molecule has 0 bridgehead atoms. The van der Waals surface area contributed by atoms with Crippen LogP contribution in [0.15, 0.2) is 121 Å². The first-order chi connectivity index (χ1) is 17.8. The van der Waals surface area contributed by atoms with E-state index < -0.39 is 0 Å². The summed E-state index contributed by atoms with van der Waals surface area (Å²) >= 11 is 1.36. The van der Waals surface area contributed by atoms with E-state index in [-0.39, 0.29) is 29.7 Å². The second kappa shape index (κ2) is 18.5. The Morgan fingerprint density at radius 2 is 0.850 bits per heavy atom. The molecule has 2 heteroatoms. The Morgan fingerprint density at radius 1 is 0.500 bits per heavy atom. The zero-order valence-electron chi connectivity index (χ0n) is 25.0. The van der Waals surface area contributed by atoms with E-state index in [4.69, 9.17) is 0 Å². The summed E-state index contributed by atoms with van der Waals surface area (Å²) in [5.41, 5.74) is 8.11. The summed E-state index contributed by atoms with van der Waals surface area (Å²) in [5, 5.41) is 5.44. The van der Waals surface area contributed by atoms with Crippen LogP contribution in [0, 0.1) is 29.7 Å². The van der Waals surface area contributed by atoms with Gasteiger partial charge in [-0.1, -0.05) is 97.8 Å². The molecule has 0 heterocycles. The van der Waals surface area contributed by atoms with Gasteiger partial charge in [0.15, 0.2) is 0 Å². The molecule has 0 nitrogen and oxygen atoms in total. The molecular weight excluding hydrogens is 576 g/mol. The Labute approximate surface area is 261 Å². The van der Waals surface area contributed by atoms with Crippen molar-refractivity contribution in [3.8, 4) is 22.3 Å². The van der Waals surface area contributed by atoms with Crippen molar-refractivity contribution in [2.45, 2.75) is 26.7 Å². The van der Waals surface area contributed by atoms with Crippen molar-refractivity contribution in [2.75, 3.05) is 0 Å². The van der Waals surface area contributed by atoms with Crippen LogP contribution in [-0.2, 0) is 36.2 Å². The van der Waals surface area contributed by atoms with Gasteiger partial charge in [-0.15, -0.1) is 69.1 Å². The van der Waals surface area contributed by atoms with Crippen LogP contribution in [0.4, 0.5) is 0 Å². The van der Waals surface area contributed by atoms with Crippen LogP contribution in [-0.4, -0.2) is 6.88 Å². The van der Waals surface area contributed by atoms with E-state index in [1.165, 1.54) is 78.3 Å². The molecule has 0 amide bonds. The van der Waals surface area contributed by atoms with E-state index in [0.29, 0.717) is 0 Å². The van der Waals surface area contributed by atoms with Gasteiger partial charge in [-0.2, -0.15) is 12.1 Å². The standard InChI is InChI=1S/2C17H15.4CH3.Si.Zr/c2*1-2-13-11-15-9-6-10-16(17(15)12-13)14-7-4-3-5-8-14;;;;;;/h2*3-12H,2H2,1H3;4*1H3;;/q6*-1;;. The Morgan fingerprint density at radius 3 is 1.18 bits per heavy atom. The molecule has 6 aromatic carbocycles. The fourth-order valence-electron chi connectivity index (χ4n) is 4.74. The number of rotatable bonds is 4. The first-order valence-electron chi connectivity index (χ1n) is 12.5. The van der Waals surface area contributed by atoms with Gasteiger partial charge in [-0.25, -0.2) is 0 Å². The fraction of sp³-hybridized carbons (Fsp3) is 0.105. The van der Waals surface area contributed by atoms with Gasteiger partial charge in [0.2, 0.25) is 0 Å². The van der Waals surface area contributed by atoms with Gasteiger partial charge in [0.25, 0.3) is 0 Å². The van der Waals surface area contributed by atoms with E-state index in [1.807, 2.05) is 0 Å². The zero-order valence-corrected chi connectivity index (χ0v) is 28.4. The average molecular weight is 618 g/mol. The van der Waals surface area contributed by atoms with Crippen LogP contribution < -0.4 is 0 Å². The van der Waals surface area contributed by atoms with Crippen molar-refractivity contribution in [3.05, 3.63) is 162 Å². The van der Waals surface area contributed by atoms with Gasteiger partial charge < -0.3 is 29.7 Å². The first-order valence-corrected chi connectivity index (χ1v) is 16.7. The van der Waals surface area contributed by atoms with Crippen LogP contribution >= 0.6 is 0 Å². The molecule has 0 saturated heterocycles. The summed E-state index contributed by atoms with van der Waals surface area (Å²) in [4.78, 5) is 0.